The third-order valence-electron chi connectivity index (χ3n) is 7.73. The van der Waals surface area contributed by atoms with Gasteiger partial charge >= 0.3 is 6.09 Å². The molecule has 1 saturated heterocycles. The summed E-state index contributed by atoms with van der Waals surface area (Å²) in [5, 5.41) is 4.13. The molecule has 5 rings (SSSR count). The quantitative estimate of drug-likeness (QED) is 0.248. The molecule has 1 fully saturated rings. The number of anilines is 3. The van der Waals surface area contributed by atoms with Crippen LogP contribution in [0.3, 0.4) is 0 Å². The number of likely N-dealkylation sites (tertiary alicyclic amines) is 1. The largest absolute Gasteiger partial charge is 0.495 e. The molecule has 1 aromatic heterocycles. The first-order valence-corrected chi connectivity index (χ1v) is 16.4. The number of aromatic nitrogens is 2. The lowest BCUT2D eigenvalue weighted by Crippen LogP contribution is -2.41. The molecule has 1 amide bonds. The van der Waals surface area contributed by atoms with Gasteiger partial charge in [-0.15, -0.1) is 0 Å². The Balaban J connectivity index is 1.38. The highest BCUT2D eigenvalue weighted by molar-refractivity contribution is 7.92. The Labute approximate surface area is 259 Å². The van der Waals surface area contributed by atoms with Gasteiger partial charge in [-0.25, -0.2) is 23.2 Å². The summed E-state index contributed by atoms with van der Waals surface area (Å²) in [5.74, 6) is 1.34. The fraction of sp³-hybridized carbons (Fsp3) is 0.364. The highest BCUT2D eigenvalue weighted by Crippen LogP contribution is 2.37. The van der Waals surface area contributed by atoms with Crippen molar-refractivity contribution in [1.29, 1.82) is 0 Å². The number of carbonyl (C=O) groups excluding carboxylic acids is 1. The normalized spacial score (nSPS) is 14.4. The molecule has 10 nitrogen and oxygen atoms in total. The molecule has 1 N–H and O–H groups in total. The van der Waals surface area contributed by atoms with Crippen molar-refractivity contribution in [3.63, 3.8) is 0 Å². The Kier molecular flexibility index (Phi) is 8.69. The molecule has 0 spiro atoms. The van der Waals surface area contributed by atoms with Gasteiger partial charge < -0.3 is 19.7 Å². The van der Waals surface area contributed by atoms with Crippen LogP contribution in [0.4, 0.5) is 22.1 Å². The molecule has 1 aliphatic rings. The first-order valence-electron chi connectivity index (χ1n) is 14.6. The smallest absolute Gasteiger partial charge is 0.410 e. The Hall–Kier alpha value is -4.38. The molecule has 4 aromatic rings. The van der Waals surface area contributed by atoms with Crippen LogP contribution < -0.4 is 14.4 Å². The highest BCUT2D eigenvalue weighted by Gasteiger charge is 2.28. The van der Waals surface area contributed by atoms with Crippen molar-refractivity contribution in [2.45, 2.75) is 45.1 Å². The minimum absolute atomic E-state index is 0.266. The Morgan fingerprint density at radius 1 is 1.02 bits per heavy atom. The number of nitrogens with zero attached hydrogens (tertiary/aromatic N) is 4. The minimum atomic E-state index is -3.47. The van der Waals surface area contributed by atoms with E-state index < -0.39 is 15.6 Å². The van der Waals surface area contributed by atoms with Crippen molar-refractivity contribution in [2.75, 3.05) is 43.1 Å². The van der Waals surface area contributed by atoms with Gasteiger partial charge in [-0.2, -0.15) is 0 Å². The number of fused-ring (bicyclic) bond motifs is 1. The second-order valence-electron chi connectivity index (χ2n) is 12.0. The first kappa shape index (κ1) is 31.1. The molecule has 11 heteroatoms. The fourth-order valence-corrected chi connectivity index (χ4v) is 5.91. The van der Waals surface area contributed by atoms with Gasteiger partial charge in [0.2, 0.25) is 16.0 Å². The summed E-state index contributed by atoms with van der Waals surface area (Å²) >= 11 is 0. The number of methoxy groups -OCH3 is 1. The van der Waals surface area contributed by atoms with Gasteiger partial charge in [-0.1, -0.05) is 42.5 Å². The van der Waals surface area contributed by atoms with E-state index in [1.807, 2.05) is 69.3 Å². The molecule has 2 heterocycles. The maximum Gasteiger partial charge on any atom is 0.410 e. The van der Waals surface area contributed by atoms with Crippen molar-refractivity contribution in [3.8, 4) is 16.9 Å². The molecule has 3 aromatic carbocycles. The van der Waals surface area contributed by atoms with Gasteiger partial charge in [0.1, 0.15) is 11.4 Å². The van der Waals surface area contributed by atoms with Gasteiger partial charge in [-0.3, -0.25) is 4.31 Å². The molecular weight excluding hydrogens is 578 g/mol. The van der Waals surface area contributed by atoms with Crippen LogP contribution in [0.2, 0.25) is 0 Å². The van der Waals surface area contributed by atoms with E-state index in [0.29, 0.717) is 41.9 Å². The van der Waals surface area contributed by atoms with E-state index in [1.165, 1.54) is 10.6 Å². The second kappa shape index (κ2) is 12.3. The summed E-state index contributed by atoms with van der Waals surface area (Å²) in [6.07, 6.45) is 4.33. The van der Waals surface area contributed by atoms with Crippen LogP contribution in [0, 0.1) is 0 Å². The molecule has 0 saturated carbocycles. The zero-order chi connectivity index (χ0) is 31.6. The minimum Gasteiger partial charge on any atom is -0.495 e. The summed E-state index contributed by atoms with van der Waals surface area (Å²) in [5.41, 5.74) is 4.13. The summed E-state index contributed by atoms with van der Waals surface area (Å²) in [6, 6.07) is 19.2. The number of amides is 1. The second-order valence-corrected chi connectivity index (χ2v) is 14.0. The standard InChI is InChI=1S/C33H39N5O5S/c1-33(2,3)43-32(39)38-18-16-22(17-19-38)23-14-15-27(29(20-23)42-5)35-31-34-21-24-10-9-12-26(30(24)36-31)25-11-7-8-13-28(25)37(4)44(6,40)41/h7-15,20-22H,16-19H2,1-6H3,(H,34,35,36). The van der Waals surface area contributed by atoms with E-state index >= 15 is 0 Å². The number of benzene rings is 3. The lowest BCUT2D eigenvalue weighted by atomic mass is 9.89. The number of carbonyl (C=O) groups is 1. The molecule has 0 atom stereocenters. The maximum atomic E-state index is 12.5. The predicted octanol–water partition coefficient (Wildman–Crippen LogP) is 6.56. The first-order chi connectivity index (χ1) is 20.8. The van der Waals surface area contributed by atoms with E-state index in [9.17, 15) is 13.2 Å². The number of hydrogen-bond donors (Lipinski definition) is 1. The van der Waals surface area contributed by atoms with Crippen LogP contribution >= 0.6 is 0 Å². The topological polar surface area (TPSA) is 114 Å². The fourth-order valence-electron chi connectivity index (χ4n) is 5.40. The summed E-state index contributed by atoms with van der Waals surface area (Å²) in [4.78, 5) is 23.6. The molecule has 0 bridgehead atoms. The van der Waals surface area contributed by atoms with Gasteiger partial charge in [0.15, 0.2) is 0 Å². The maximum absolute atomic E-state index is 12.5. The average molecular weight is 618 g/mol. The monoisotopic (exact) mass is 617 g/mol. The third kappa shape index (κ3) is 6.88. The summed E-state index contributed by atoms with van der Waals surface area (Å²) in [6.45, 7) is 6.90. The molecule has 44 heavy (non-hydrogen) atoms. The van der Waals surface area contributed by atoms with E-state index in [0.717, 1.165) is 40.6 Å². The zero-order valence-electron chi connectivity index (χ0n) is 26.0. The van der Waals surface area contributed by atoms with Crippen molar-refractivity contribution in [1.82, 2.24) is 14.9 Å². The van der Waals surface area contributed by atoms with Crippen LogP contribution in [-0.4, -0.2) is 68.5 Å². The lowest BCUT2D eigenvalue weighted by Gasteiger charge is -2.33. The van der Waals surface area contributed by atoms with Crippen LogP contribution in [0.1, 0.15) is 45.1 Å². The average Bonchev–Trinajstić information content (AvgIpc) is 2.99. The molecule has 232 valence electrons. The molecule has 0 unspecified atom stereocenters. The van der Waals surface area contributed by atoms with Crippen molar-refractivity contribution in [3.05, 3.63) is 72.4 Å². The predicted molar refractivity (Wildman–Crippen MR) is 174 cm³/mol. The van der Waals surface area contributed by atoms with Gasteiger partial charge in [0.25, 0.3) is 0 Å². The van der Waals surface area contributed by atoms with Gasteiger partial charge in [0.05, 0.1) is 30.3 Å². The van der Waals surface area contributed by atoms with Crippen LogP contribution in [0.15, 0.2) is 66.9 Å². The Morgan fingerprint density at radius 3 is 2.41 bits per heavy atom. The van der Waals surface area contributed by atoms with Gasteiger partial charge in [-0.05, 0) is 63.3 Å². The molecule has 1 aliphatic heterocycles. The van der Waals surface area contributed by atoms with Crippen LogP contribution in [0.25, 0.3) is 22.0 Å². The number of rotatable bonds is 7. The number of ether oxygens (including phenoxy) is 2. The number of sulfonamides is 1. The summed E-state index contributed by atoms with van der Waals surface area (Å²) < 4.78 is 37.3. The Bertz CT molecular complexity index is 1780. The van der Waals surface area contributed by atoms with Gasteiger partial charge in [0, 0.05) is 42.8 Å². The van der Waals surface area contributed by atoms with E-state index in [-0.39, 0.29) is 6.09 Å². The zero-order valence-corrected chi connectivity index (χ0v) is 26.8. The van der Waals surface area contributed by atoms with E-state index in [4.69, 9.17) is 14.5 Å². The SMILES string of the molecule is COc1cc(C2CCN(C(=O)OC(C)(C)C)CC2)ccc1Nc1ncc2cccc(-c3ccccc3N(C)S(C)(=O)=O)c2n1. The number of nitrogens with one attached hydrogen (secondary N) is 1. The van der Waals surface area contributed by atoms with Crippen molar-refractivity contribution >= 4 is 44.3 Å². The number of piperidine rings is 1. The van der Waals surface area contributed by atoms with Crippen LogP contribution in [0.5, 0.6) is 5.75 Å². The summed E-state index contributed by atoms with van der Waals surface area (Å²) in [7, 11) is -0.298. The number of para-hydroxylation sites is 2. The van der Waals surface area contributed by atoms with E-state index in [1.54, 1.807) is 31.3 Å². The highest BCUT2D eigenvalue weighted by atomic mass is 32.2. The lowest BCUT2D eigenvalue weighted by molar-refractivity contribution is 0.0204. The van der Waals surface area contributed by atoms with Crippen molar-refractivity contribution in [2.24, 2.45) is 0 Å². The van der Waals surface area contributed by atoms with E-state index in [2.05, 4.69) is 16.4 Å². The Morgan fingerprint density at radius 2 is 1.73 bits per heavy atom. The van der Waals surface area contributed by atoms with Crippen LogP contribution in [-0.2, 0) is 14.8 Å². The molecule has 0 aliphatic carbocycles. The third-order valence-corrected chi connectivity index (χ3v) is 8.92. The number of hydrogen-bond acceptors (Lipinski definition) is 8. The molecule has 0 radical (unpaired) electrons. The molecular formula is C33H39N5O5S. The van der Waals surface area contributed by atoms with Crippen molar-refractivity contribution < 1.29 is 22.7 Å².